The Bertz CT molecular complexity index is 44.9. The van der Waals surface area contributed by atoms with Gasteiger partial charge in [-0.05, 0) is 13.6 Å². The van der Waals surface area contributed by atoms with E-state index in [4.69, 9.17) is 0 Å². The van der Waals surface area contributed by atoms with Crippen molar-refractivity contribution >= 4 is 25.5 Å². The molecule has 2 heteroatoms. The lowest BCUT2D eigenvalue weighted by Gasteiger charge is -1.71. The average molecular weight is 106 g/mol. The second-order valence-electron chi connectivity index (χ2n) is 0.771. The Kier molecular flexibility index (Phi) is 3.03. The largest absolute Gasteiger partial charge is 0.144 e. The maximum absolute atomic E-state index is 4.00. The van der Waals surface area contributed by atoms with Crippen LogP contribution in [-0.4, -0.2) is 11.3 Å². The molecule has 0 nitrogen and oxygen atoms in total. The zero-order chi connectivity index (χ0) is 4.28. The first-order valence-electron chi connectivity index (χ1n) is 1.39. The molecule has 0 aromatic carbocycles. The van der Waals surface area contributed by atoms with E-state index in [1.54, 1.807) is 0 Å². The Morgan fingerprint density at radius 1 is 1.80 bits per heavy atom. The van der Waals surface area contributed by atoms with Gasteiger partial charge in [0.1, 0.15) is 0 Å². The van der Waals surface area contributed by atoms with E-state index in [0.717, 1.165) is 0 Å². The third kappa shape index (κ3) is 4.52. The van der Waals surface area contributed by atoms with Gasteiger partial charge in [-0.2, -0.15) is 0 Å². The van der Waals surface area contributed by atoms with E-state index in [1.807, 2.05) is 6.92 Å². The minimum absolute atomic E-state index is 1.17. The monoisotopic (exact) mass is 106 g/mol. The van der Waals surface area contributed by atoms with E-state index in [0.29, 0.717) is 0 Å². The quantitative estimate of drug-likeness (QED) is 0.352. The van der Waals surface area contributed by atoms with Crippen LogP contribution in [0, 0.1) is 0 Å². The third-order valence-electron chi connectivity index (χ3n) is 0.324. The SMILES string of the molecule is C/P=C(\C)S. The predicted molar refractivity (Wildman–Crippen MR) is 32.5 cm³/mol. The maximum Gasteiger partial charge on any atom is 0.00132 e. The van der Waals surface area contributed by atoms with Crippen LogP contribution >= 0.6 is 20.8 Å². The molecule has 0 aromatic heterocycles. The van der Waals surface area contributed by atoms with E-state index in [-0.39, 0.29) is 0 Å². The molecule has 0 bridgehead atoms. The second kappa shape index (κ2) is 2.74. The lowest BCUT2D eigenvalue weighted by molar-refractivity contribution is 2.11. The molecule has 0 spiro atoms. The highest BCUT2D eigenvalue weighted by molar-refractivity contribution is 8.03. The zero-order valence-corrected chi connectivity index (χ0v) is 5.18. The fourth-order valence-electron chi connectivity index (χ4n) is 0. The Hall–Kier alpha value is 0.520. The van der Waals surface area contributed by atoms with E-state index in [2.05, 4.69) is 19.3 Å². The standard InChI is InChI=1S/C3H7PS/c1-3(5)4-2/h5H,1-2H3. The lowest BCUT2D eigenvalue weighted by atomic mass is 11.0. The van der Waals surface area contributed by atoms with Crippen LogP contribution < -0.4 is 0 Å². The molecule has 0 aromatic rings. The summed E-state index contributed by atoms with van der Waals surface area (Å²) < 4.78 is 1.17. The fraction of sp³-hybridized carbons (Fsp3) is 0.667. The Balaban J connectivity index is 3.14. The van der Waals surface area contributed by atoms with Crippen molar-refractivity contribution in [2.75, 3.05) is 6.66 Å². The normalized spacial score (nSPS) is 12.2. The summed E-state index contributed by atoms with van der Waals surface area (Å²) in [6.07, 6.45) is 0. The second-order valence-corrected chi connectivity index (χ2v) is 2.91. The van der Waals surface area contributed by atoms with Gasteiger partial charge in [0.25, 0.3) is 0 Å². The molecule has 0 unspecified atom stereocenters. The predicted octanol–water partition coefficient (Wildman–Crippen LogP) is 1.64. The summed E-state index contributed by atoms with van der Waals surface area (Å²) in [5.74, 6) is 0. The summed E-state index contributed by atoms with van der Waals surface area (Å²) in [4.78, 5) is 0. The Labute approximate surface area is 39.8 Å². The summed E-state index contributed by atoms with van der Waals surface area (Å²) in [6.45, 7) is 4.05. The molecule has 0 saturated carbocycles. The molecule has 30 valence electrons. The van der Waals surface area contributed by atoms with Crippen LogP contribution in [0.1, 0.15) is 6.92 Å². The van der Waals surface area contributed by atoms with Gasteiger partial charge in [0.15, 0.2) is 0 Å². The van der Waals surface area contributed by atoms with Crippen molar-refractivity contribution in [1.82, 2.24) is 0 Å². The molecule has 0 atom stereocenters. The summed E-state index contributed by atoms with van der Waals surface area (Å²) in [5, 5.41) is 0. The molecular weight excluding hydrogens is 99.1 g/mol. The van der Waals surface area contributed by atoms with Gasteiger partial charge in [-0.15, -0.1) is 12.6 Å². The van der Waals surface area contributed by atoms with Gasteiger partial charge in [0.05, 0.1) is 0 Å². The topological polar surface area (TPSA) is 0 Å². The number of hydrogen-bond donors (Lipinski definition) is 1. The molecule has 0 aliphatic carbocycles. The van der Waals surface area contributed by atoms with Crippen LogP contribution in [0.3, 0.4) is 0 Å². The highest BCUT2D eigenvalue weighted by atomic mass is 32.1. The molecule has 0 amide bonds. The van der Waals surface area contributed by atoms with Crippen LogP contribution in [0.5, 0.6) is 0 Å². The molecule has 0 aliphatic rings. The molecule has 0 N–H and O–H groups in total. The molecule has 0 saturated heterocycles. The van der Waals surface area contributed by atoms with Crippen molar-refractivity contribution < 1.29 is 0 Å². The Morgan fingerprint density at radius 3 is 2.00 bits per heavy atom. The maximum atomic E-state index is 4.00. The molecule has 0 heterocycles. The first-order chi connectivity index (χ1) is 2.27. The van der Waals surface area contributed by atoms with Crippen molar-refractivity contribution in [2.45, 2.75) is 6.92 Å². The van der Waals surface area contributed by atoms with Gasteiger partial charge in [-0.25, -0.2) is 0 Å². The molecule has 0 radical (unpaired) electrons. The molecule has 5 heavy (non-hydrogen) atoms. The summed E-state index contributed by atoms with van der Waals surface area (Å²) >= 11 is 4.00. The van der Waals surface area contributed by atoms with E-state index < -0.39 is 0 Å². The van der Waals surface area contributed by atoms with Crippen LogP contribution in [-0.2, 0) is 0 Å². The first-order valence-corrected chi connectivity index (χ1v) is 3.18. The van der Waals surface area contributed by atoms with Crippen molar-refractivity contribution in [2.24, 2.45) is 0 Å². The highest BCUT2D eigenvalue weighted by Gasteiger charge is 1.62. The van der Waals surface area contributed by atoms with Gasteiger partial charge >= 0.3 is 0 Å². The van der Waals surface area contributed by atoms with Gasteiger partial charge in [0, 0.05) is 4.63 Å². The molecule has 0 fully saturated rings. The van der Waals surface area contributed by atoms with E-state index in [1.165, 1.54) is 12.8 Å². The third-order valence-corrected chi connectivity index (χ3v) is 1.57. The van der Waals surface area contributed by atoms with Gasteiger partial charge in [0.2, 0.25) is 0 Å². The minimum atomic E-state index is 1.17. The average Bonchev–Trinajstić information content (AvgIpc) is 1.38. The van der Waals surface area contributed by atoms with Crippen molar-refractivity contribution in [3.63, 3.8) is 0 Å². The van der Waals surface area contributed by atoms with Crippen molar-refractivity contribution in [3.8, 4) is 0 Å². The first kappa shape index (κ1) is 5.52. The van der Waals surface area contributed by atoms with Crippen LogP contribution in [0.4, 0.5) is 0 Å². The number of hydrogen-bond acceptors (Lipinski definition) is 0. The van der Waals surface area contributed by atoms with Crippen LogP contribution in [0.25, 0.3) is 0 Å². The fourth-order valence-corrected chi connectivity index (χ4v) is 0. The summed E-state index contributed by atoms with van der Waals surface area (Å²) in [6, 6.07) is 0. The smallest absolute Gasteiger partial charge is 0.00132 e. The minimum Gasteiger partial charge on any atom is -0.144 e. The van der Waals surface area contributed by atoms with Crippen molar-refractivity contribution in [3.05, 3.63) is 0 Å². The number of rotatable bonds is 0. The summed E-state index contributed by atoms with van der Waals surface area (Å²) in [7, 11) is 1.28. The van der Waals surface area contributed by atoms with Crippen LogP contribution in [0.15, 0.2) is 0 Å². The Morgan fingerprint density at radius 2 is 2.00 bits per heavy atom. The van der Waals surface area contributed by atoms with Gasteiger partial charge in [-0.1, -0.05) is 8.20 Å². The zero-order valence-electron chi connectivity index (χ0n) is 3.39. The van der Waals surface area contributed by atoms with E-state index in [9.17, 15) is 0 Å². The molecule has 0 rings (SSSR count). The van der Waals surface area contributed by atoms with Crippen LogP contribution in [0.2, 0.25) is 0 Å². The molecule has 0 aliphatic heterocycles. The molecular formula is C3H7PS. The van der Waals surface area contributed by atoms with E-state index >= 15 is 0 Å². The van der Waals surface area contributed by atoms with Gasteiger partial charge < -0.3 is 0 Å². The van der Waals surface area contributed by atoms with Gasteiger partial charge in [-0.3, -0.25) is 0 Å². The number of thiol groups is 1. The lowest BCUT2D eigenvalue weighted by Crippen LogP contribution is -1.59. The summed E-state index contributed by atoms with van der Waals surface area (Å²) in [5.41, 5.74) is 0. The van der Waals surface area contributed by atoms with Crippen molar-refractivity contribution in [1.29, 1.82) is 0 Å². The highest BCUT2D eigenvalue weighted by Crippen LogP contribution is 1.92.